The standard InChI is InChI=1S/C14H19BINO3/c1-13(2)14(3,4)20-15(19-13)11-8-7-10(12(16)17-11)18-9-5-6-9/h7-9H,5-6H2,1-4H3. The van der Waals surface area contributed by atoms with Gasteiger partial charge in [-0.25, -0.2) is 4.98 Å². The van der Waals surface area contributed by atoms with Gasteiger partial charge in [-0.2, -0.15) is 0 Å². The Morgan fingerprint density at radius 3 is 2.30 bits per heavy atom. The van der Waals surface area contributed by atoms with Crippen molar-refractivity contribution in [2.75, 3.05) is 0 Å². The van der Waals surface area contributed by atoms with Crippen molar-refractivity contribution in [1.82, 2.24) is 4.98 Å². The smallest absolute Gasteiger partial charge is 0.488 e. The van der Waals surface area contributed by atoms with Gasteiger partial charge < -0.3 is 14.0 Å². The second-order valence-electron chi connectivity index (χ2n) is 6.43. The van der Waals surface area contributed by atoms with E-state index in [1.54, 1.807) is 0 Å². The summed E-state index contributed by atoms with van der Waals surface area (Å²) < 4.78 is 18.7. The topological polar surface area (TPSA) is 40.6 Å². The summed E-state index contributed by atoms with van der Waals surface area (Å²) >= 11 is 2.20. The van der Waals surface area contributed by atoms with Crippen LogP contribution in [0.3, 0.4) is 0 Å². The molecule has 2 fully saturated rings. The Morgan fingerprint density at radius 2 is 1.80 bits per heavy atom. The van der Waals surface area contributed by atoms with Crippen molar-refractivity contribution < 1.29 is 14.0 Å². The summed E-state index contributed by atoms with van der Waals surface area (Å²) in [5.74, 6) is 0.855. The highest BCUT2D eigenvalue weighted by Gasteiger charge is 2.52. The van der Waals surface area contributed by atoms with Crippen LogP contribution in [0.25, 0.3) is 0 Å². The predicted molar refractivity (Wildman–Crippen MR) is 86.3 cm³/mol. The number of nitrogens with zero attached hydrogens (tertiary/aromatic N) is 1. The van der Waals surface area contributed by atoms with Crippen molar-refractivity contribution >= 4 is 35.3 Å². The molecule has 0 unspecified atom stereocenters. The van der Waals surface area contributed by atoms with Gasteiger partial charge in [0.1, 0.15) is 3.70 Å². The van der Waals surface area contributed by atoms with Gasteiger partial charge in [0.15, 0.2) is 5.75 Å². The number of rotatable bonds is 3. The second-order valence-corrected chi connectivity index (χ2v) is 7.45. The van der Waals surface area contributed by atoms with Crippen LogP contribution in [-0.2, 0) is 9.31 Å². The normalized spacial score (nSPS) is 23.9. The third kappa shape index (κ3) is 2.70. The van der Waals surface area contributed by atoms with E-state index in [-0.39, 0.29) is 11.2 Å². The number of hydrogen-bond donors (Lipinski definition) is 0. The molecule has 0 N–H and O–H groups in total. The first-order valence-electron chi connectivity index (χ1n) is 6.97. The fourth-order valence-corrected chi connectivity index (χ4v) is 2.57. The average Bonchev–Trinajstić information content (AvgIpc) is 3.10. The average molecular weight is 387 g/mol. The van der Waals surface area contributed by atoms with Gasteiger partial charge in [0.25, 0.3) is 0 Å². The molecule has 1 aromatic rings. The van der Waals surface area contributed by atoms with Gasteiger partial charge in [0, 0.05) is 0 Å². The molecule has 0 spiro atoms. The van der Waals surface area contributed by atoms with E-state index in [0.29, 0.717) is 6.10 Å². The molecule has 3 rings (SSSR count). The molecule has 1 aromatic heterocycles. The van der Waals surface area contributed by atoms with E-state index >= 15 is 0 Å². The van der Waals surface area contributed by atoms with Crippen molar-refractivity contribution in [1.29, 1.82) is 0 Å². The minimum atomic E-state index is -0.413. The van der Waals surface area contributed by atoms with Gasteiger partial charge in [-0.05, 0) is 75.3 Å². The molecule has 1 saturated carbocycles. The Hall–Kier alpha value is -0.335. The van der Waals surface area contributed by atoms with Crippen molar-refractivity contribution in [2.24, 2.45) is 0 Å². The fraction of sp³-hybridized carbons (Fsp3) is 0.643. The van der Waals surface area contributed by atoms with Gasteiger partial charge in [-0.1, -0.05) is 0 Å². The summed E-state index contributed by atoms with van der Waals surface area (Å²) in [6, 6.07) is 3.90. The van der Waals surface area contributed by atoms with Crippen LogP contribution in [0.4, 0.5) is 0 Å². The van der Waals surface area contributed by atoms with Crippen molar-refractivity contribution in [3.63, 3.8) is 0 Å². The molecular formula is C14H19BINO3. The van der Waals surface area contributed by atoms with E-state index in [2.05, 4.69) is 27.6 Å². The lowest BCUT2D eigenvalue weighted by atomic mass is 9.84. The second kappa shape index (κ2) is 4.85. The molecule has 4 nitrogen and oxygen atoms in total. The monoisotopic (exact) mass is 387 g/mol. The van der Waals surface area contributed by atoms with Crippen LogP contribution in [0.5, 0.6) is 5.75 Å². The lowest BCUT2D eigenvalue weighted by Crippen LogP contribution is -2.41. The third-order valence-electron chi connectivity index (χ3n) is 4.15. The Labute approximate surface area is 133 Å². The number of ether oxygens (including phenoxy) is 1. The van der Waals surface area contributed by atoms with Crippen LogP contribution in [0.2, 0.25) is 0 Å². The molecule has 2 aliphatic rings. The van der Waals surface area contributed by atoms with E-state index in [0.717, 1.165) is 27.9 Å². The Kier molecular flexibility index (Phi) is 3.54. The van der Waals surface area contributed by atoms with E-state index in [4.69, 9.17) is 14.0 Å². The molecule has 20 heavy (non-hydrogen) atoms. The number of pyridine rings is 1. The largest absolute Gasteiger partial charge is 0.514 e. The van der Waals surface area contributed by atoms with Gasteiger partial charge in [-0.3, -0.25) is 0 Å². The Balaban J connectivity index is 1.79. The zero-order valence-corrected chi connectivity index (χ0v) is 14.4. The maximum absolute atomic E-state index is 6.01. The van der Waals surface area contributed by atoms with Crippen LogP contribution >= 0.6 is 22.6 Å². The van der Waals surface area contributed by atoms with Gasteiger partial charge >= 0.3 is 7.12 Å². The summed E-state index contributed by atoms with van der Waals surface area (Å²) in [6.45, 7) is 8.18. The van der Waals surface area contributed by atoms with Crippen LogP contribution < -0.4 is 10.3 Å². The van der Waals surface area contributed by atoms with E-state index < -0.39 is 7.12 Å². The molecule has 1 saturated heterocycles. The lowest BCUT2D eigenvalue weighted by molar-refractivity contribution is 0.00578. The highest BCUT2D eigenvalue weighted by Crippen LogP contribution is 2.36. The lowest BCUT2D eigenvalue weighted by Gasteiger charge is -2.32. The van der Waals surface area contributed by atoms with Crippen LogP contribution in [-0.4, -0.2) is 29.4 Å². The SMILES string of the molecule is CC1(C)OB(c2ccc(OC3CC3)c(I)n2)OC1(C)C. The van der Waals surface area contributed by atoms with Crippen LogP contribution in [0, 0.1) is 3.70 Å². The summed E-state index contributed by atoms with van der Waals surface area (Å²) in [4.78, 5) is 4.58. The first-order chi connectivity index (χ1) is 9.28. The summed E-state index contributed by atoms with van der Waals surface area (Å²) in [6.07, 6.45) is 2.68. The van der Waals surface area contributed by atoms with Gasteiger partial charge in [-0.15, -0.1) is 0 Å². The van der Waals surface area contributed by atoms with Crippen molar-refractivity contribution in [3.05, 3.63) is 15.8 Å². The number of halogens is 1. The molecule has 1 aliphatic heterocycles. The quantitative estimate of drug-likeness (QED) is 0.454. The Bertz CT molecular complexity index is 515. The molecule has 0 aromatic carbocycles. The first-order valence-corrected chi connectivity index (χ1v) is 8.05. The fourth-order valence-electron chi connectivity index (χ4n) is 1.98. The minimum Gasteiger partial charge on any atom is -0.488 e. The van der Waals surface area contributed by atoms with E-state index in [1.165, 1.54) is 0 Å². The van der Waals surface area contributed by atoms with Crippen LogP contribution in [0.15, 0.2) is 12.1 Å². The highest BCUT2D eigenvalue weighted by molar-refractivity contribution is 14.1. The van der Waals surface area contributed by atoms with Crippen LogP contribution in [0.1, 0.15) is 40.5 Å². The maximum atomic E-state index is 6.01. The van der Waals surface area contributed by atoms with Gasteiger partial charge in [0.05, 0.1) is 22.9 Å². The van der Waals surface area contributed by atoms with E-state index in [1.807, 2.05) is 39.8 Å². The predicted octanol–water partition coefficient (Wildman–Crippen LogP) is 2.53. The summed E-state index contributed by atoms with van der Waals surface area (Å²) in [5, 5.41) is 0. The van der Waals surface area contributed by atoms with Crippen molar-refractivity contribution in [2.45, 2.75) is 57.8 Å². The third-order valence-corrected chi connectivity index (χ3v) is 4.92. The summed E-state index contributed by atoms with van der Waals surface area (Å²) in [7, 11) is -0.413. The molecule has 0 radical (unpaired) electrons. The molecular weight excluding hydrogens is 368 g/mol. The zero-order valence-electron chi connectivity index (χ0n) is 12.3. The molecule has 108 valence electrons. The molecule has 0 atom stereocenters. The molecule has 0 bridgehead atoms. The van der Waals surface area contributed by atoms with Gasteiger partial charge in [0.2, 0.25) is 0 Å². The molecule has 2 heterocycles. The highest BCUT2D eigenvalue weighted by atomic mass is 127. The summed E-state index contributed by atoms with van der Waals surface area (Å²) in [5.41, 5.74) is 0.123. The molecule has 6 heteroatoms. The Morgan fingerprint density at radius 1 is 1.20 bits per heavy atom. The maximum Gasteiger partial charge on any atom is 0.514 e. The number of hydrogen-bond acceptors (Lipinski definition) is 4. The van der Waals surface area contributed by atoms with E-state index in [9.17, 15) is 0 Å². The first kappa shape index (κ1) is 14.6. The number of aromatic nitrogens is 1. The molecule has 0 amide bonds. The van der Waals surface area contributed by atoms with Crippen molar-refractivity contribution in [3.8, 4) is 5.75 Å². The molecule has 1 aliphatic carbocycles. The minimum absolute atomic E-state index is 0.339. The zero-order chi connectivity index (χ0) is 14.5.